The Bertz CT molecular complexity index is 873. The van der Waals surface area contributed by atoms with Gasteiger partial charge in [0.05, 0.1) is 6.42 Å². The number of benzene rings is 1. The van der Waals surface area contributed by atoms with Crippen LogP contribution in [0, 0.1) is 5.92 Å². The molecule has 5 atom stereocenters. The molecule has 1 fully saturated rings. The van der Waals surface area contributed by atoms with E-state index in [0.717, 1.165) is 30.9 Å². The highest BCUT2D eigenvalue weighted by molar-refractivity contribution is 7.98. The summed E-state index contributed by atoms with van der Waals surface area (Å²) in [4.78, 5) is 14.9. The third-order valence-electron chi connectivity index (χ3n) is 7.23. The van der Waals surface area contributed by atoms with Crippen LogP contribution in [0.4, 0.5) is 0 Å². The van der Waals surface area contributed by atoms with Crippen LogP contribution in [0.15, 0.2) is 24.3 Å². The summed E-state index contributed by atoms with van der Waals surface area (Å²) < 4.78 is 23.6. The smallest absolute Gasteiger partial charge is 0.307 e. The van der Waals surface area contributed by atoms with Gasteiger partial charge in [0.25, 0.3) is 0 Å². The van der Waals surface area contributed by atoms with Gasteiger partial charge in [-0.3, -0.25) is 4.79 Å². The number of nitrogens with zero attached hydrogens (tertiary/aromatic N) is 1. The second-order valence-corrected chi connectivity index (χ2v) is 9.65. The zero-order valence-electron chi connectivity index (χ0n) is 17.8. The maximum atomic E-state index is 12.5. The Hall–Kier alpha value is -1.70. The number of methoxy groups -OCH3 is 1. The minimum Gasteiger partial charge on any atom is -0.481 e. The van der Waals surface area contributed by atoms with E-state index >= 15 is 0 Å². The summed E-state index contributed by atoms with van der Waals surface area (Å²) >= 11 is 1.65. The van der Waals surface area contributed by atoms with E-state index in [1.165, 1.54) is 11.1 Å². The quantitative estimate of drug-likeness (QED) is 0.374. The van der Waals surface area contributed by atoms with Crippen molar-refractivity contribution < 1.29 is 23.7 Å². The Morgan fingerprint density at radius 1 is 1.37 bits per heavy atom. The van der Waals surface area contributed by atoms with Crippen LogP contribution in [0.2, 0.25) is 0 Å². The highest BCUT2D eigenvalue weighted by atomic mass is 32.2. The van der Waals surface area contributed by atoms with Gasteiger partial charge in [-0.2, -0.15) is 11.8 Å². The van der Waals surface area contributed by atoms with Crippen LogP contribution in [-0.4, -0.2) is 68.6 Å². The van der Waals surface area contributed by atoms with Crippen molar-refractivity contribution in [3.8, 4) is 11.5 Å². The molecule has 1 saturated heterocycles. The predicted molar refractivity (Wildman–Crippen MR) is 115 cm³/mol. The third kappa shape index (κ3) is 2.89. The minimum absolute atomic E-state index is 0.162. The maximum Gasteiger partial charge on any atom is 0.307 e. The molecule has 2 aliphatic carbocycles. The number of rotatable bonds is 7. The average Bonchev–Trinajstić information content (AvgIpc) is 3.10. The van der Waals surface area contributed by atoms with Gasteiger partial charge in [-0.1, -0.05) is 12.1 Å². The van der Waals surface area contributed by atoms with Crippen molar-refractivity contribution in [1.82, 2.24) is 4.90 Å². The molecule has 0 amide bonds. The zero-order valence-corrected chi connectivity index (χ0v) is 18.6. The summed E-state index contributed by atoms with van der Waals surface area (Å²) in [5.41, 5.74) is 2.42. The van der Waals surface area contributed by atoms with Gasteiger partial charge in [0.1, 0.15) is 6.10 Å². The Balaban J connectivity index is 1.57. The fourth-order valence-electron chi connectivity index (χ4n) is 5.94. The van der Waals surface area contributed by atoms with Crippen LogP contribution in [0.5, 0.6) is 11.5 Å². The topological polar surface area (TPSA) is 57.2 Å². The molecule has 0 saturated carbocycles. The number of likely N-dealkylation sites (N-methyl/N-ethyl adjacent to an activating group) is 1. The molecule has 0 aromatic heterocycles. The highest BCUT2D eigenvalue weighted by Crippen LogP contribution is 2.62. The molecule has 4 aliphatic rings. The van der Waals surface area contributed by atoms with E-state index in [1.807, 2.05) is 12.3 Å². The lowest BCUT2D eigenvalue weighted by atomic mass is 9.53. The molecule has 7 heteroatoms. The number of piperidine rings is 1. The number of carbonyl (C=O) groups excluding carboxylic acids is 1. The fraction of sp³-hybridized carbons (Fsp3) is 0.609. The third-order valence-corrected chi connectivity index (χ3v) is 7.84. The van der Waals surface area contributed by atoms with Crippen LogP contribution < -0.4 is 9.47 Å². The van der Waals surface area contributed by atoms with E-state index in [4.69, 9.17) is 18.9 Å². The van der Waals surface area contributed by atoms with Crippen LogP contribution in [0.3, 0.4) is 0 Å². The lowest BCUT2D eigenvalue weighted by molar-refractivity contribution is -0.154. The second-order valence-electron chi connectivity index (χ2n) is 8.67. The lowest BCUT2D eigenvalue weighted by Crippen LogP contribution is -2.65. The number of likely N-dealkylation sites (tertiary alicyclic amines) is 1. The average molecular weight is 432 g/mol. The van der Waals surface area contributed by atoms with Crippen molar-refractivity contribution in [3.63, 3.8) is 0 Å². The normalized spacial score (nSPS) is 33.0. The van der Waals surface area contributed by atoms with Gasteiger partial charge in [-0.25, -0.2) is 0 Å². The maximum absolute atomic E-state index is 12.5. The van der Waals surface area contributed by atoms with Gasteiger partial charge >= 0.3 is 5.97 Å². The van der Waals surface area contributed by atoms with Gasteiger partial charge < -0.3 is 23.8 Å². The molecule has 0 N–H and O–H groups in total. The van der Waals surface area contributed by atoms with Crippen LogP contribution >= 0.6 is 11.8 Å². The molecule has 30 heavy (non-hydrogen) atoms. The molecular weight excluding hydrogens is 402 g/mol. The first kappa shape index (κ1) is 20.2. The first-order valence-electron chi connectivity index (χ1n) is 10.6. The minimum atomic E-state index is -0.381. The molecular formula is C23H29NO5S. The van der Waals surface area contributed by atoms with Crippen LogP contribution in [0.1, 0.15) is 24.0 Å². The summed E-state index contributed by atoms with van der Waals surface area (Å²) in [6, 6.07) is 4.60. The Kier molecular flexibility index (Phi) is 5.24. The van der Waals surface area contributed by atoms with Gasteiger partial charge in [-0.15, -0.1) is 0 Å². The summed E-state index contributed by atoms with van der Waals surface area (Å²) in [5, 5.41) is 0. The van der Waals surface area contributed by atoms with E-state index in [1.54, 1.807) is 18.9 Å². The van der Waals surface area contributed by atoms with Crippen molar-refractivity contribution in [1.29, 1.82) is 0 Å². The first-order chi connectivity index (χ1) is 14.6. The SMILES string of the molecule is COCOc1ccc2c3c1OC1C(OC(=O)CCSC)C=C[C@H]4[C@@H](C2)N(C)CC[C@]314. The predicted octanol–water partition coefficient (Wildman–Crippen LogP) is 2.78. The van der Waals surface area contributed by atoms with Gasteiger partial charge in [0, 0.05) is 35.8 Å². The Labute approximate surface area is 181 Å². The van der Waals surface area contributed by atoms with Crippen molar-refractivity contribution >= 4 is 17.7 Å². The fourth-order valence-corrected chi connectivity index (χ4v) is 6.31. The van der Waals surface area contributed by atoms with E-state index in [0.29, 0.717) is 24.1 Å². The standard InChI is InChI=1S/C23H29NO5S/c1-24-10-9-23-15-5-7-18(28-19(25)8-11-30-3)22(23)29-21-17(27-13-26-2)6-4-14(20(21)23)12-16(15)24/h4-7,15-16,18,22H,8-13H2,1-3H3/t15-,16+,18?,22?,23-/m0/s1. The van der Waals surface area contributed by atoms with E-state index in [-0.39, 0.29) is 30.4 Å². The Morgan fingerprint density at radius 2 is 2.23 bits per heavy atom. The number of esters is 1. The molecule has 1 aromatic rings. The highest BCUT2D eigenvalue weighted by Gasteiger charge is 2.65. The molecule has 162 valence electrons. The van der Waals surface area contributed by atoms with Gasteiger partial charge in [-0.05, 0) is 50.4 Å². The van der Waals surface area contributed by atoms with E-state index in [2.05, 4.69) is 30.2 Å². The molecule has 5 rings (SSSR count). The first-order valence-corrected chi connectivity index (χ1v) is 12.0. The van der Waals surface area contributed by atoms with Crippen molar-refractivity contribution in [2.24, 2.45) is 5.92 Å². The van der Waals surface area contributed by atoms with Crippen molar-refractivity contribution in [3.05, 3.63) is 35.4 Å². The molecule has 0 radical (unpaired) electrons. The summed E-state index contributed by atoms with van der Waals surface area (Å²) in [5.74, 6) is 2.47. The number of carbonyl (C=O) groups is 1. The molecule has 6 nitrogen and oxygen atoms in total. The number of ether oxygens (including phenoxy) is 4. The number of thioether (sulfide) groups is 1. The molecule has 1 aromatic carbocycles. The molecule has 2 aliphatic heterocycles. The molecule has 2 heterocycles. The second kappa shape index (κ2) is 7.77. The van der Waals surface area contributed by atoms with Crippen LogP contribution in [-0.2, 0) is 26.1 Å². The zero-order chi connectivity index (χ0) is 20.9. The molecule has 1 spiro atoms. The summed E-state index contributed by atoms with van der Waals surface area (Å²) in [6.07, 6.45) is 8.13. The van der Waals surface area contributed by atoms with Crippen LogP contribution in [0.25, 0.3) is 0 Å². The van der Waals surface area contributed by atoms with E-state index < -0.39 is 0 Å². The summed E-state index contributed by atoms with van der Waals surface area (Å²) in [6.45, 7) is 1.18. The van der Waals surface area contributed by atoms with Gasteiger partial charge in [0.15, 0.2) is 24.4 Å². The molecule has 2 unspecified atom stereocenters. The largest absolute Gasteiger partial charge is 0.481 e. The van der Waals surface area contributed by atoms with E-state index in [9.17, 15) is 4.79 Å². The van der Waals surface area contributed by atoms with Crippen molar-refractivity contribution in [2.45, 2.75) is 42.9 Å². The number of hydrogen-bond acceptors (Lipinski definition) is 7. The molecule has 2 bridgehead atoms. The van der Waals surface area contributed by atoms with Gasteiger partial charge in [0.2, 0.25) is 0 Å². The lowest BCUT2D eigenvalue weighted by Gasteiger charge is -2.56. The Morgan fingerprint density at radius 3 is 3.03 bits per heavy atom. The summed E-state index contributed by atoms with van der Waals surface area (Å²) in [7, 11) is 3.83. The van der Waals surface area contributed by atoms with Crippen molar-refractivity contribution in [2.75, 3.05) is 39.5 Å². The number of hydrogen-bond donors (Lipinski definition) is 0. The monoisotopic (exact) mass is 431 g/mol.